The molecule has 0 aliphatic rings. The van der Waals surface area contributed by atoms with E-state index < -0.39 is 10.8 Å². The predicted octanol–water partition coefficient (Wildman–Crippen LogP) is 3.17. The SMILES string of the molecule is COc1ccc(C(=O)N/N=C/c2cccn2-c2ccc([N+](=O)[O-])cc2)c(OC)c1. The lowest BCUT2D eigenvalue weighted by molar-refractivity contribution is -0.384. The second kappa shape index (κ2) is 8.70. The summed E-state index contributed by atoms with van der Waals surface area (Å²) >= 11 is 0. The highest BCUT2D eigenvalue weighted by molar-refractivity contribution is 5.97. The maximum atomic E-state index is 12.4. The summed E-state index contributed by atoms with van der Waals surface area (Å²) in [5, 5.41) is 14.8. The fourth-order valence-electron chi connectivity index (χ4n) is 2.67. The highest BCUT2D eigenvalue weighted by Gasteiger charge is 2.13. The summed E-state index contributed by atoms with van der Waals surface area (Å²) in [5.41, 5.74) is 4.19. The average Bonchev–Trinajstić information content (AvgIpc) is 3.21. The molecule has 9 nitrogen and oxygen atoms in total. The first-order valence-corrected chi connectivity index (χ1v) is 8.51. The van der Waals surface area contributed by atoms with Crippen molar-refractivity contribution in [3.63, 3.8) is 0 Å². The molecule has 29 heavy (non-hydrogen) atoms. The van der Waals surface area contributed by atoms with Gasteiger partial charge in [-0.2, -0.15) is 5.10 Å². The minimum absolute atomic E-state index is 0.0109. The molecule has 1 heterocycles. The van der Waals surface area contributed by atoms with E-state index in [2.05, 4.69) is 10.5 Å². The molecule has 0 saturated carbocycles. The average molecular weight is 394 g/mol. The van der Waals surface area contributed by atoms with Crippen molar-refractivity contribution in [2.75, 3.05) is 14.2 Å². The van der Waals surface area contributed by atoms with Crippen LogP contribution in [0.3, 0.4) is 0 Å². The van der Waals surface area contributed by atoms with Crippen LogP contribution in [0.1, 0.15) is 16.1 Å². The Morgan fingerprint density at radius 1 is 1.14 bits per heavy atom. The molecular formula is C20H18N4O5. The Hall–Kier alpha value is -4.14. The number of hydrogen-bond donors (Lipinski definition) is 1. The van der Waals surface area contributed by atoms with Crippen molar-refractivity contribution < 1.29 is 19.2 Å². The van der Waals surface area contributed by atoms with Gasteiger partial charge in [0, 0.05) is 30.1 Å². The molecule has 1 aromatic heterocycles. The van der Waals surface area contributed by atoms with E-state index in [-0.39, 0.29) is 5.69 Å². The molecule has 1 amide bonds. The van der Waals surface area contributed by atoms with Crippen LogP contribution in [-0.4, -0.2) is 35.8 Å². The number of carbonyl (C=O) groups excluding carboxylic acids is 1. The van der Waals surface area contributed by atoms with Gasteiger partial charge in [-0.1, -0.05) is 0 Å². The second-order valence-electron chi connectivity index (χ2n) is 5.84. The van der Waals surface area contributed by atoms with Gasteiger partial charge in [0.2, 0.25) is 0 Å². The Kier molecular flexibility index (Phi) is 5.88. The number of aromatic nitrogens is 1. The van der Waals surface area contributed by atoms with Crippen molar-refractivity contribution in [1.82, 2.24) is 9.99 Å². The number of amides is 1. The van der Waals surface area contributed by atoms with Gasteiger partial charge in [0.1, 0.15) is 11.5 Å². The highest BCUT2D eigenvalue weighted by Crippen LogP contribution is 2.24. The third-order valence-electron chi connectivity index (χ3n) is 4.14. The zero-order valence-electron chi connectivity index (χ0n) is 15.7. The molecule has 0 radical (unpaired) electrons. The Balaban J connectivity index is 1.74. The molecule has 3 aromatic rings. The minimum Gasteiger partial charge on any atom is -0.497 e. The van der Waals surface area contributed by atoms with E-state index in [0.29, 0.717) is 22.8 Å². The monoisotopic (exact) mass is 394 g/mol. The lowest BCUT2D eigenvalue weighted by atomic mass is 10.2. The Morgan fingerprint density at radius 3 is 2.55 bits per heavy atom. The summed E-state index contributed by atoms with van der Waals surface area (Å²) in [4.78, 5) is 22.7. The van der Waals surface area contributed by atoms with Crippen LogP contribution in [0.4, 0.5) is 5.69 Å². The topological polar surface area (TPSA) is 108 Å². The number of nitro groups is 1. The highest BCUT2D eigenvalue weighted by atomic mass is 16.6. The van der Waals surface area contributed by atoms with E-state index in [1.54, 1.807) is 53.2 Å². The maximum Gasteiger partial charge on any atom is 0.275 e. The molecule has 0 aliphatic heterocycles. The summed E-state index contributed by atoms with van der Waals surface area (Å²) in [6.07, 6.45) is 3.27. The number of methoxy groups -OCH3 is 2. The van der Waals surface area contributed by atoms with Gasteiger partial charge in [-0.15, -0.1) is 0 Å². The first-order chi connectivity index (χ1) is 14.0. The summed E-state index contributed by atoms with van der Waals surface area (Å²) in [7, 11) is 2.99. The van der Waals surface area contributed by atoms with Crippen LogP contribution in [0.25, 0.3) is 5.69 Å². The molecule has 3 rings (SSSR count). The van der Waals surface area contributed by atoms with Crippen molar-refractivity contribution in [3.05, 3.63) is 82.2 Å². The van der Waals surface area contributed by atoms with Crippen LogP contribution in [0.5, 0.6) is 11.5 Å². The van der Waals surface area contributed by atoms with E-state index in [1.165, 1.54) is 32.6 Å². The molecule has 9 heteroatoms. The van der Waals surface area contributed by atoms with Crippen LogP contribution >= 0.6 is 0 Å². The van der Waals surface area contributed by atoms with Gasteiger partial charge in [0.25, 0.3) is 11.6 Å². The number of carbonyl (C=O) groups is 1. The van der Waals surface area contributed by atoms with Gasteiger partial charge in [0.15, 0.2) is 0 Å². The standard InChI is InChI=1S/C20H18N4O5/c1-28-17-9-10-18(19(12-17)29-2)20(25)22-21-13-16-4-3-11-23(16)14-5-7-15(8-6-14)24(26)27/h3-13H,1-2H3,(H,22,25)/b21-13+. The summed E-state index contributed by atoms with van der Waals surface area (Å²) in [5.74, 6) is 0.503. The number of ether oxygens (including phenoxy) is 2. The van der Waals surface area contributed by atoms with E-state index in [0.717, 1.165) is 5.69 Å². The van der Waals surface area contributed by atoms with Crippen molar-refractivity contribution in [2.24, 2.45) is 5.10 Å². The van der Waals surface area contributed by atoms with Crippen LogP contribution in [0.15, 0.2) is 65.9 Å². The lowest BCUT2D eigenvalue weighted by Crippen LogP contribution is -2.18. The number of nitrogens with zero attached hydrogens (tertiary/aromatic N) is 3. The number of nitro benzene ring substituents is 1. The summed E-state index contributed by atoms with van der Waals surface area (Å²) in [6.45, 7) is 0. The van der Waals surface area contributed by atoms with E-state index in [1.807, 2.05) is 0 Å². The van der Waals surface area contributed by atoms with Crippen molar-refractivity contribution in [3.8, 4) is 17.2 Å². The third kappa shape index (κ3) is 4.41. The normalized spacial score (nSPS) is 10.7. The largest absolute Gasteiger partial charge is 0.497 e. The lowest BCUT2D eigenvalue weighted by Gasteiger charge is -2.09. The molecule has 148 valence electrons. The molecule has 0 saturated heterocycles. The number of rotatable bonds is 7. The molecule has 0 spiro atoms. The molecule has 0 aliphatic carbocycles. The zero-order valence-corrected chi connectivity index (χ0v) is 15.7. The smallest absolute Gasteiger partial charge is 0.275 e. The van der Waals surface area contributed by atoms with Gasteiger partial charge in [0.05, 0.1) is 36.6 Å². The number of non-ortho nitro benzene ring substituents is 1. The van der Waals surface area contributed by atoms with Crippen molar-refractivity contribution >= 4 is 17.8 Å². The van der Waals surface area contributed by atoms with Crippen molar-refractivity contribution in [2.45, 2.75) is 0 Å². The molecule has 0 fully saturated rings. The first kappa shape index (κ1) is 19.6. The second-order valence-corrected chi connectivity index (χ2v) is 5.84. The van der Waals surface area contributed by atoms with Crippen LogP contribution < -0.4 is 14.9 Å². The van der Waals surface area contributed by atoms with Crippen molar-refractivity contribution in [1.29, 1.82) is 0 Å². The zero-order chi connectivity index (χ0) is 20.8. The molecular weight excluding hydrogens is 376 g/mol. The maximum absolute atomic E-state index is 12.4. The fourth-order valence-corrected chi connectivity index (χ4v) is 2.67. The molecule has 0 unspecified atom stereocenters. The van der Waals surface area contributed by atoms with E-state index >= 15 is 0 Å². The van der Waals surface area contributed by atoms with Crippen LogP contribution in [0, 0.1) is 10.1 Å². The third-order valence-corrected chi connectivity index (χ3v) is 4.14. The van der Waals surface area contributed by atoms with Crippen LogP contribution in [-0.2, 0) is 0 Å². The minimum atomic E-state index is -0.454. The Labute approximate surface area is 166 Å². The molecule has 1 N–H and O–H groups in total. The number of hydrogen-bond acceptors (Lipinski definition) is 6. The predicted molar refractivity (Wildman–Crippen MR) is 107 cm³/mol. The van der Waals surface area contributed by atoms with Crippen LogP contribution in [0.2, 0.25) is 0 Å². The summed E-state index contributed by atoms with van der Waals surface area (Å²) in [6, 6.07) is 14.6. The number of hydrazone groups is 1. The fraction of sp³-hybridized carbons (Fsp3) is 0.100. The van der Waals surface area contributed by atoms with Gasteiger partial charge in [-0.3, -0.25) is 14.9 Å². The Bertz CT molecular complexity index is 1060. The van der Waals surface area contributed by atoms with E-state index in [9.17, 15) is 14.9 Å². The number of nitrogens with one attached hydrogen (secondary N) is 1. The van der Waals surface area contributed by atoms with Gasteiger partial charge in [-0.25, -0.2) is 5.43 Å². The Morgan fingerprint density at radius 2 is 1.90 bits per heavy atom. The first-order valence-electron chi connectivity index (χ1n) is 8.51. The van der Waals surface area contributed by atoms with Gasteiger partial charge >= 0.3 is 0 Å². The molecule has 0 bridgehead atoms. The summed E-state index contributed by atoms with van der Waals surface area (Å²) < 4.78 is 12.1. The number of benzene rings is 2. The molecule has 0 atom stereocenters. The van der Waals surface area contributed by atoms with E-state index in [4.69, 9.17) is 9.47 Å². The quantitative estimate of drug-likeness (QED) is 0.376. The molecule has 2 aromatic carbocycles. The van der Waals surface area contributed by atoms with Gasteiger partial charge < -0.3 is 14.0 Å². The van der Waals surface area contributed by atoms with Gasteiger partial charge in [-0.05, 0) is 36.4 Å².